The highest BCUT2D eigenvalue weighted by molar-refractivity contribution is 7.88. The molecule has 0 spiro atoms. The van der Waals surface area contributed by atoms with Crippen LogP contribution in [0.25, 0.3) is 0 Å². The molecule has 0 saturated carbocycles. The van der Waals surface area contributed by atoms with Crippen molar-refractivity contribution in [1.29, 1.82) is 0 Å². The fourth-order valence-electron chi connectivity index (χ4n) is 2.52. The van der Waals surface area contributed by atoms with Gasteiger partial charge in [0.25, 0.3) is 0 Å². The highest BCUT2D eigenvalue weighted by atomic mass is 32.2. The van der Waals surface area contributed by atoms with E-state index in [4.69, 9.17) is 0 Å². The quantitative estimate of drug-likeness (QED) is 0.433. The number of hydrogen-bond donors (Lipinski definition) is 0. The van der Waals surface area contributed by atoms with Crippen LogP contribution in [0.3, 0.4) is 0 Å². The molecule has 0 fully saturated rings. The van der Waals surface area contributed by atoms with Crippen molar-refractivity contribution >= 4 is 10.1 Å². The molecule has 0 saturated heterocycles. The van der Waals surface area contributed by atoms with Crippen LogP contribution in [0, 0.1) is 0 Å². The summed E-state index contributed by atoms with van der Waals surface area (Å²) in [6.45, 7) is -0.00771. The summed E-state index contributed by atoms with van der Waals surface area (Å²) in [5, 5.41) is -6.87. The Balaban J connectivity index is 2.21. The largest absolute Gasteiger partial charge is 0.460 e. The monoisotopic (exact) mass is 471 g/mol. The maximum atomic E-state index is 13.7. The van der Waals surface area contributed by atoms with Gasteiger partial charge in [-0.25, -0.2) is 0 Å². The van der Waals surface area contributed by atoms with E-state index in [1.165, 1.54) is 4.90 Å². The molecule has 0 radical (unpaired) electrons. The third-order valence-corrected chi connectivity index (χ3v) is 5.41. The van der Waals surface area contributed by atoms with Crippen molar-refractivity contribution in [3.8, 4) is 0 Å². The summed E-state index contributed by atoms with van der Waals surface area (Å²) < 4.78 is 144. The smallest absolute Gasteiger partial charge is 0.382 e. The van der Waals surface area contributed by atoms with Crippen LogP contribution in [0.4, 0.5) is 39.5 Å². The number of nitrogens with zero attached hydrogens (tertiary/aromatic N) is 1. The number of rotatable bonds is 7. The predicted molar refractivity (Wildman–Crippen MR) is 85.3 cm³/mol. The van der Waals surface area contributed by atoms with E-state index < -0.39 is 45.7 Å². The van der Waals surface area contributed by atoms with E-state index >= 15 is 0 Å². The second-order valence-electron chi connectivity index (χ2n) is 6.36. The standard InChI is InChI=1S/C16H14F9NO3S/c17-13(18,15(21,22)23)14(19,20)16(24,25)30(27,28)29-12-7-4-8-26(10-12)9-11-5-2-1-3-6-11/h1-3,5-7H,4,8-10H2. The molecule has 0 amide bonds. The maximum Gasteiger partial charge on any atom is 0.460 e. The van der Waals surface area contributed by atoms with E-state index in [0.717, 1.165) is 11.6 Å². The number of hydrogen-bond acceptors (Lipinski definition) is 4. The van der Waals surface area contributed by atoms with Gasteiger partial charge in [-0.05, 0) is 18.1 Å². The van der Waals surface area contributed by atoms with Crippen LogP contribution in [-0.2, 0) is 20.8 Å². The van der Waals surface area contributed by atoms with Crippen molar-refractivity contribution in [3.05, 3.63) is 47.7 Å². The zero-order valence-electron chi connectivity index (χ0n) is 14.8. The van der Waals surface area contributed by atoms with E-state index in [-0.39, 0.29) is 13.0 Å². The Labute approximate surface area is 165 Å². The van der Waals surface area contributed by atoms with Gasteiger partial charge in [0.15, 0.2) is 0 Å². The summed E-state index contributed by atoms with van der Waals surface area (Å²) in [4.78, 5) is 1.47. The molecule has 0 unspecified atom stereocenters. The average Bonchev–Trinajstić information content (AvgIpc) is 2.61. The lowest BCUT2D eigenvalue weighted by Crippen LogP contribution is -2.63. The summed E-state index contributed by atoms with van der Waals surface area (Å²) in [6, 6.07) is 8.44. The van der Waals surface area contributed by atoms with Crippen molar-refractivity contribution in [3.63, 3.8) is 0 Å². The zero-order chi connectivity index (χ0) is 23.0. The molecule has 2 rings (SSSR count). The van der Waals surface area contributed by atoms with E-state index in [1.807, 2.05) is 0 Å². The molecule has 0 atom stereocenters. The minimum Gasteiger partial charge on any atom is -0.382 e. The van der Waals surface area contributed by atoms with Crippen molar-refractivity contribution in [2.45, 2.75) is 36.2 Å². The Morgan fingerprint density at radius 2 is 1.47 bits per heavy atom. The van der Waals surface area contributed by atoms with E-state index in [1.54, 1.807) is 30.3 Å². The lowest BCUT2D eigenvalue weighted by Gasteiger charge is -2.33. The summed E-state index contributed by atoms with van der Waals surface area (Å²) >= 11 is 0. The molecular formula is C16H14F9NO3S. The van der Waals surface area contributed by atoms with Crippen LogP contribution < -0.4 is 0 Å². The van der Waals surface area contributed by atoms with Gasteiger partial charge in [-0.2, -0.15) is 47.9 Å². The van der Waals surface area contributed by atoms with Crippen molar-refractivity contribution in [2.75, 3.05) is 13.1 Å². The Bertz CT molecular complexity index is 883. The molecule has 1 aromatic carbocycles. The predicted octanol–water partition coefficient (Wildman–Crippen LogP) is 4.55. The van der Waals surface area contributed by atoms with Gasteiger partial charge >= 0.3 is 33.4 Å². The SMILES string of the molecule is O=S(=O)(OC1=CCCN(Cc2ccccc2)C1)C(F)(F)C(F)(F)C(F)(F)C(F)(F)F. The molecule has 0 aromatic heterocycles. The number of halogens is 9. The second-order valence-corrected chi connectivity index (χ2v) is 7.94. The van der Waals surface area contributed by atoms with Gasteiger partial charge in [-0.1, -0.05) is 30.3 Å². The van der Waals surface area contributed by atoms with Gasteiger partial charge in [-0.15, -0.1) is 0 Å². The van der Waals surface area contributed by atoms with Gasteiger partial charge in [0.2, 0.25) is 0 Å². The first-order valence-electron chi connectivity index (χ1n) is 8.12. The van der Waals surface area contributed by atoms with Crippen molar-refractivity contribution < 1.29 is 52.1 Å². The Morgan fingerprint density at radius 3 is 2.00 bits per heavy atom. The van der Waals surface area contributed by atoms with Gasteiger partial charge in [0.05, 0.1) is 6.54 Å². The van der Waals surface area contributed by atoms with Crippen LogP contribution in [0.2, 0.25) is 0 Å². The molecule has 0 N–H and O–H groups in total. The van der Waals surface area contributed by atoms with Gasteiger partial charge in [-0.3, -0.25) is 4.90 Å². The fraction of sp³-hybridized carbons (Fsp3) is 0.500. The summed E-state index contributed by atoms with van der Waals surface area (Å²) in [5.74, 6) is -15.5. The molecule has 30 heavy (non-hydrogen) atoms. The van der Waals surface area contributed by atoms with Gasteiger partial charge < -0.3 is 4.18 Å². The first kappa shape index (κ1) is 24.3. The van der Waals surface area contributed by atoms with Crippen LogP contribution in [-0.4, -0.2) is 49.7 Å². The molecule has 4 nitrogen and oxygen atoms in total. The van der Waals surface area contributed by atoms with E-state index in [0.29, 0.717) is 6.54 Å². The molecule has 170 valence electrons. The Morgan fingerprint density at radius 1 is 0.900 bits per heavy atom. The minimum absolute atomic E-state index is 0.0262. The molecule has 0 aliphatic carbocycles. The fourth-order valence-corrected chi connectivity index (χ4v) is 3.47. The molecular weight excluding hydrogens is 457 g/mol. The van der Waals surface area contributed by atoms with Gasteiger partial charge in [0.1, 0.15) is 5.76 Å². The zero-order valence-corrected chi connectivity index (χ0v) is 15.6. The first-order valence-corrected chi connectivity index (χ1v) is 9.53. The van der Waals surface area contributed by atoms with E-state index in [2.05, 4.69) is 4.18 Å². The summed E-state index contributed by atoms with van der Waals surface area (Å²) in [6.07, 6.45) is -6.17. The lowest BCUT2D eigenvalue weighted by molar-refractivity contribution is -0.382. The van der Waals surface area contributed by atoms with E-state index in [9.17, 15) is 47.9 Å². The third-order valence-electron chi connectivity index (χ3n) is 4.09. The Hall–Kier alpha value is -1.96. The molecule has 1 heterocycles. The van der Waals surface area contributed by atoms with Gasteiger partial charge in [0, 0.05) is 13.1 Å². The van der Waals surface area contributed by atoms with Crippen molar-refractivity contribution in [1.82, 2.24) is 4.90 Å². The maximum absolute atomic E-state index is 13.7. The topological polar surface area (TPSA) is 46.6 Å². The highest BCUT2D eigenvalue weighted by Crippen LogP contribution is 2.55. The van der Waals surface area contributed by atoms with Crippen LogP contribution in [0.1, 0.15) is 12.0 Å². The van der Waals surface area contributed by atoms with Crippen LogP contribution >= 0.6 is 0 Å². The normalized spacial score (nSPS) is 17.6. The number of alkyl halides is 9. The highest BCUT2D eigenvalue weighted by Gasteiger charge is 2.86. The molecule has 1 aliphatic rings. The molecule has 0 bridgehead atoms. The van der Waals surface area contributed by atoms with Crippen molar-refractivity contribution in [2.24, 2.45) is 0 Å². The molecule has 14 heteroatoms. The number of benzene rings is 1. The first-order chi connectivity index (χ1) is 13.5. The minimum atomic E-state index is -7.33. The molecule has 1 aliphatic heterocycles. The summed E-state index contributed by atoms with van der Waals surface area (Å²) in [5.41, 5.74) is 0.725. The Kier molecular flexibility index (Phi) is 6.44. The third kappa shape index (κ3) is 4.38. The summed E-state index contributed by atoms with van der Waals surface area (Å²) in [7, 11) is -6.92. The van der Waals surface area contributed by atoms with Crippen LogP contribution in [0.5, 0.6) is 0 Å². The molecule has 1 aromatic rings. The average molecular weight is 471 g/mol. The lowest BCUT2D eigenvalue weighted by atomic mass is 10.1. The second kappa shape index (κ2) is 7.94. The van der Waals surface area contributed by atoms with Crippen LogP contribution in [0.15, 0.2) is 42.2 Å².